The van der Waals surface area contributed by atoms with Crippen molar-refractivity contribution in [1.29, 1.82) is 0 Å². The molecule has 11 nitrogen and oxygen atoms in total. The molecule has 3 atom stereocenters. The first-order valence-corrected chi connectivity index (χ1v) is 24.3. The summed E-state index contributed by atoms with van der Waals surface area (Å²) in [6.07, 6.45) is -0.956. The average molecular weight is 940 g/mol. The van der Waals surface area contributed by atoms with E-state index in [1.165, 1.54) is 11.8 Å². The summed E-state index contributed by atoms with van der Waals surface area (Å²) in [5.74, 6) is -2.83. The quantitative estimate of drug-likeness (QED) is 0.0418. The Labute approximate surface area is 405 Å². The Kier molecular flexibility index (Phi) is 16.9. The lowest BCUT2D eigenvalue weighted by atomic mass is 9.84. The van der Waals surface area contributed by atoms with Crippen molar-refractivity contribution in [3.05, 3.63) is 167 Å². The van der Waals surface area contributed by atoms with Crippen LogP contribution in [0.25, 0.3) is 11.1 Å². The van der Waals surface area contributed by atoms with Gasteiger partial charge in [-0.3, -0.25) is 14.4 Å². The second-order valence-corrected chi connectivity index (χ2v) is 20.8. The van der Waals surface area contributed by atoms with E-state index in [9.17, 15) is 24.0 Å². The van der Waals surface area contributed by atoms with Gasteiger partial charge in [0.1, 0.15) is 35.9 Å². The zero-order valence-corrected chi connectivity index (χ0v) is 41.2. The highest BCUT2D eigenvalue weighted by atomic mass is 32.2. The van der Waals surface area contributed by atoms with Crippen molar-refractivity contribution in [2.75, 3.05) is 12.4 Å². The summed E-state index contributed by atoms with van der Waals surface area (Å²) >= 11 is 1.45. The molecule has 0 aromatic heterocycles. The third-order valence-electron chi connectivity index (χ3n) is 11.4. The van der Waals surface area contributed by atoms with Gasteiger partial charge in [-0.15, -0.1) is 11.8 Å². The molecule has 3 amide bonds. The molecule has 5 aromatic carbocycles. The minimum atomic E-state index is -1.33. The summed E-state index contributed by atoms with van der Waals surface area (Å²) in [6, 6.07) is 42.3. The van der Waals surface area contributed by atoms with Gasteiger partial charge in [0.2, 0.25) is 11.8 Å². The molecule has 68 heavy (non-hydrogen) atoms. The van der Waals surface area contributed by atoms with Crippen molar-refractivity contribution >= 4 is 41.6 Å². The smallest absolute Gasteiger partial charge is 0.407 e. The molecule has 0 aliphatic heterocycles. The largest absolute Gasteiger partial charge is 0.460 e. The molecule has 0 radical (unpaired) electrons. The van der Waals surface area contributed by atoms with Crippen molar-refractivity contribution < 1.29 is 38.2 Å². The minimum Gasteiger partial charge on any atom is -0.460 e. The van der Waals surface area contributed by atoms with Gasteiger partial charge in [-0.1, -0.05) is 153 Å². The number of fused-ring (bicyclic) bond motifs is 3. The fourth-order valence-electron chi connectivity index (χ4n) is 8.47. The van der Waals surface area contributed by atoms with Gasteiger partial charge in [-0.2, -0.15) is 0 Å². The number of benzene rings is 5. The Hall–Kier alpha value is -6.40. The van der Waals surface area contributed by atoms with Gasteiger partial charge >= 0.3 is 18.0 Å². The number of nitrogens with one attached hydrogen (secondary N) is 3. The van der Waals surface area contributed by atoms with Crippen molar-refractivity contribution in [2.45, 2.75) is 115 Å². The van der Waals surface area contributed by atoms with Crippen LogP contribution in [0.3, 0.4) is 0 Å². The van der Waals surface area contributed by atoms with E-state index in [0.717, 1.165) is 38.9 Å². The van der Waals surface area contributed by atoms with Crippen LogP contribution in [-0.2, 0) is 38.1 Å². The lowest BCUT2D eigenvalue weighted by Crippen LogP contribution is -2.57. The van der Waals surface area contributed by atoms with Gasteiger partial charge in [-0.05, 0) is 99.2 Å². The van der Waals surface area contributed by atoms with Crippen molar-refractivity contribution in [1.82, 2.24) is 16.0 Å². The van der Waals surface area contributed by atoms with Gasteiger partial charge in [-0.25, -0.2) is 9.59 Å². The van der Waals surface area contributed by atoms with E-state index >= 15 is 0 Å². The van der Waals surface area contributed by atoms with Crippen molar-refractivity contribution in [3.8, 4) is 11.1 Å². The molecule has 5 aromatic rings. The van der Waals surface area contributed by atoms with Crippen LogP contribution in [-0.4, -0.2) is 71.5 Å². The molecule has 3 N–H and O–H groups in total. The molecule has 0 unspecified atom stereocenters. The molecular formula is C56H65N3O8S. The van der Waals surface area contributed by atoms with E-state index in [2.05, 4.69) is 28.1 Å². The lowest BCUT2D eigenvalue weighted by Gasteiger charge is -2.36. The first kappa shape index (κ1) is 51.0. The first-order chi connectivity index (χ1) is 32.3. The second kappa shape index (κ2) is 22.6. The van der Waals surface area contributed by atoms with Crippen molar-refractivity contribution in [3.63, 3.8) is 0 Å². The summed E-state index contributed by atoms with van der Waals surface area (Å²) in [5, 5.41) is 8.56. The van der Waals surface area contributed by atoms with Gasteiger partial charge in [0, 0.05) is 18.1 Å². The van der Waals surface area contributed by atoms with Crippen LogP contribution in [0.5, 0.6) is 0 Å². The molecule has 0 spiro atoms. The van der Waals surface area contributed by atoms with Crippen molar-refractivity contribution in [2.24, 2.45) is 5.92 Å². The van der Waals surface area contributed by atoms with E-state index in [0.29, 0.717) is 0 Å². The SMILES string of the molecule is CC(C)C[C@H](NC(=O)[C@H](CCC(=O)OC(C)(C)C)NC(=O)[C@H](CSC(c1ccccc1)(c1ccccc1)c1ccccc1)NC(=O)OCC1c2ccccc2-c2ccccc21)C(=O)OC(C)(C)C. The maximum atomic E-state index is 15.0. The number of ether oxygens (including phenoxy) is 3. The fourth-order valence-corrected chi connectivity index (χ4v) is 10.0. The number of hydrogen-bond donors (Lipinski definition) is 3. The Morgan fingerprint density at radius 3 is 1.47 bits per heavy atom. The van der Waals surface area contributed by atoms with Gasteiger partial charge < -0.3 is 30.2 Å². The molecule has 12 heteroatoms. The molecular weight excluding hydrogens is 875 g/mol. The summed E-state index contributed by atoms with van der Waals surface area (Å²) in [4.78, 5) is 70.2. The molecule has 0 heterocycles. The number of alkyl carbamates (subject to hydrolysis) is 1. The zero-order valence-electron chi connectivity index (χ0n) is 40.4. The number of hydrogen-bond acceptors (Lipinski definition) is 9. The highest BCUT2D eigenvalue weighted by Crippen LogP contribution is 2.49. The predicted molar refractivity (Wildman–Crippen MR) is 268 cm³/mol. The van der Waals surface area contributed by atoms with E-state index in [1.807, 2.05) is 141 Å². The lowest BCUT2D eigenvalue weighted by molar-refractivity contribution is -0.159. The third kappa shape index (κ3) is 13.4. The van der Waals surface area contributed by atoms with E-state index in [-0.39, 0.29) is 43.5 Å². The molecule has 6 rings (SSSR count). The summed E-state index contributed by atoms with van der Waals surface area (Å²) in [5.41, 5.74) is 5.41. The Morgan fingerprint density at radius 1 is 0.559 bits per heavy atom. The Bertz CT molecular complexity index is 2360. The maximum absolute atomic E-state index is 15.0. The number of carbonyl (C=O) groups is 5. The molecule has 1 aliphatic carbocycles. The Balaban J connectivity index is 1.35. The molecule has 0 bridgehead atoms. The van der Waals surface area contributed by atoms with Crippen LogP contribution in [0.2, 0.25) is 0 Å². The number of thioether (sulfide) groups is 1. The van der Waals surface area contributed by atoms with Crippen LogP contribution < -0.4 is 16.0 Å². The average Bonchev–Trinajstić information content (AvgIpc) is 3.62. The number of rotatable bonds is 19. The number of amides is 3. The monoisotopic (exact) mass is 939 g/mol. The number of esters is 2. The molecule has 1 aliphatic rings. The maximum Gasteiger partial charge on any atom is 0.407 e. The molecule has 0 saturated carbocycles. The highest BCUT2D eigenvalue weighted by Gasteiger charge is 2.40. The normalized spacial score (nSPS) is 13.8. The predicted octanol–water partition coefficient (Wildman–Crippen LogP) is 10.1. The first-order valence-electron chi connectivity index (χ1n) is 23.3. The van der Waals surface area contributed by atoms with Gasteiger partial charge in [0.25, 0.3) is 0 Å². The van der Waals surface area contributed by atoms with Crippen LogP contribution >= 0.6 is 11.8 Å². The van der Waals surface area contributed by atoms with Crippen LogP contribution in [0.1, 0.15) is 108 Å². The topological polar surface area (TPSA) is 149 Å². The third-order valence-corrected chi connectivity index (χ3v) is 13.0. The molecule has 0 saturated heterocycles. The molecule has 358 valence electrons. The van der Waals surface area contributed by atoms with Crippen LogP contribution in [0, 0.1) is 5.92 Å². The zero-order chi connectivity index (χ0) is 49.1. The van der Waals surface area contributed by atoms with Crippen LogP contribution in [0.4, 0.5) is 4.79 Å². The molecule has 0 fully saturated rings. The van der Waals surface area contributed by atoms with Gasteiger partial charge in [0.05, 0.1) is 4.75 Å². The van der Waals surface area contributed by atoms with E-state index in [4.69, 9.17) is 14.2 Å². The van der Waals surface area contributed by atoms with Crippen LogP contribution in [0.15, 0.2) is 140 Å². The number of carbonyl (C=O) groups excluding carboxylic acids is 5. The standard InChI is InChI=1S/C56H65N3O8S/c1-37(2)34-47(52(63)67-55(6,7)8)58-50(61)46(32-33-49(60)66-54(3,4)5)57-51(62)48(59-53(64)65-35-45-43-30-20-18-28-41(43)42-29-19-21-31-44(42)45)36-68-56(38-22-12-9-13-23-38,39-24-14-10-15-25-39)40-26-16-11-17-27-40/h9-31,37,45-48H,32-36H2,1-8H3,(H,57,62)(H,58,61)(H,59,64)/t46-,47-,48-/m0/s1. The highest BCUT2D eigenvalue weighted by molar-refractivity contribution is 8.00. The fraction of sp³-hybridized carbons (Fsp3) is 0.375. The Morgan fingerprint density at radius 2 is 1.00 bits per heavy atom. The minimum absolute atomic E-state index is 0.00298. The van der Waals surface area contributed by atoms with E-state index < -0.39 is 63.9 Å². The van der Waals surface area contributed by atoms with E-state index in [1.54, 1.807) is 41.5 Å². The summed E-state index contributed by atoms with van der Waals surface area (Å²) in [6.45, 7) is 14.3. The summed E-state index contributed by atoms with van der Waals surface area (Å²) in [7, 11) is 0. The van der Waals surface area contributed by atoms with Gasteiger partial charge in [0.15, 0.2) is 0 Å². The second-order valence-electron chi connectivity index (χ2n) is 19.5. The summed E-state index contributed by atoms with van der Waals surface area (Å²) < 4.78 is 16.4.